The smallest absolute Gasteiger partial charge is 0.158 e. The number of halogens is 1. The van der Waals surface area contributed by atoms with Gasteiger partial charge < -0.3 is 9.94 Å². The molecule has 2 atom stereocenters. The summed E-state index contributed by atoms with van der Waals surface area (Å²) >= 11 is 6.06. The first-order valence-corrected chi connectivity index (χ1v) is 5.21. The van der Waals surface area contributed by atoms with Crippen molar-refractivity contribution < 1.29 is 9.94 Å². The highest BCUT2D eigenvalue weighted by Gasteiger charge is 2.31. The number of aliphatic hydroxyl groups is 1. The van der Waals surface area contributed by atoms with Crippen molar-refractivity contribution in [3.63, 3.8) is 0 Å². The molecule has 3 nitrogen and oxygen atoms in total. The second-order valence-corrected chi connectivity index (χ2v) is 3.98. The van der Waals surface area contributed by atoms with Crippen LogP contribution in [-0.2, 0) is 4.84 Å². The summed E-state index contributed by atoms with van der Waals surface area (Å²) in [5.74, 6) is 0.0647. The van der Waals surface area contributed by atoms with Crippen molar-refractivity contribution in [2.45, 2.75) is 13.0 Å². The fraction of sp³-hybridized carbons (Fsp3) is 0.364. The molecule has 1 aromatic carbocycles. The van der Waals surface area contributed by atoms with Crippen LogP contribution in [0, 0.1) is 5.92 Å². The van der Waals surface area contributed by atoms with Crippen LogP contribution in [0.1, 0.15) is 12.5 Å². The van der Waals surface area contributed by atoms with Crippen LogP contribution in [0.3, 0.4) is 0 Å². The van der Waals surface area contributed by atoms with Gasteiger partial charge in [-0.2, -0.15) is 0 Å². The maximum Gasteiger partial charge on any atom is 0.158 e. The Morgan fingerprint density at radius 3 is 2.80 bits per heavy atom. The Morgan fingerprint density at radius 1 is 1.47 bits per heavy atom. The summed E-state index contributed by atoms with van der Waals surface area (Å²) in [6, 6.07) is 7.50. The van der Waals surface area contributed by atoms with Gasteiger partial charge in [0.2, 0.25) is 0 Å². The van der Waals surface area contributed by atoms with Gasteiger partial charge in [0.05, 0.1) is 12.3 Å². The van der Waals surface area contributed by atoms with E-state index >= 15 is 0 Å². The highest BCUT2D eigenvalue weighted by molar-refractivity contribution is 6.34. The van der Waals surface area contributed by atoms with Gasteiger partial charge in [0, 0.05) is 16.5 Å². The van der Waals surface area contributed by atoms with Crippen LogP contribution in [0.4, 0.5) is 0 Å². The van der Waals surface area contributed by atoms with Crippen molar-refractivity contribution in [1.29, 1.82) is 0 Å². The molecule has 15 heavy (non-hydrogen) atoms. The molecule has 4 heteroatoms. The van der Waals surface area contributed by atoms with Gasteiger partial charge in [-0.3, -0.25) is 0 Å². The van der Waals surface area contributed by atoms with Gasteiger partial charge in [-0.15, -0.1) is 0 Å². The van der Waals surface area contributed by atoms with Gasteiger partial charge in [0.15, 0.2) is 6.10 Å². The standard InChI is InChI=1S/C11H12ClNO2/c1-7-10(6-14)15-13-11(7)8-4-2-3-5-9(8)12/h2-5,7,10,14H,6H2,1H3/t7-,10-/m1/s1. The van der Waals surface area contributed by atoms with Gasteiger partial charge in [0.25, 0.3) is 0 Å². The number of aliphatic hydroxyl groups excluding tert-OH is 1. The van der Waals surface area contributed by atoms with Crippen molar-refractivity contribution in [3.8, 4) is 0 Å². The van der Waals surface area contributed by atoms with E-state index in [0.717, 1.165) is 11.3 Å². The summed E-state index contributed by atoms with van der Waals surface area (Å²) in [7, 11) is 0. The summed E-state index contributed by atoms with van der Waals surface area (Å²) in [6.07, 6.45) is -0.253. The molecule has 0 bridgehead atoms. The molecule has 0 amide bonds. The average molecular weight is 226 g/mol. The predicted octanol–water partition coefficient (Wildman–Crippen LogP) is 2.07. The molecule has 0 spiro atoms. The molecular weight excluding hydrogens is 214 g/mol. The van der Waals surface area contributed by atoms with E-state index in [0.29, 0.717) is 5.02 Å². The number of hydrogen-bond donors (Lipinski definition) is 1. The van der Waals surface area contributed by atoms with Crippen molar-refractivity contribution in [2.75, 3.05) is 6.61 Å². The monoisotopic (exact) mass is 225 g/mol. The first kappa shape index (κ1) is 10.5. The predicted molar refractivity (Wildman–Crippen MR) is 59.1 cm³/mol. The lowest BCUT2D eigenvalue weighted by atomic mass is 9.94. The molecule has 1 aliphatic rings. The molecule has 1 aliphatic heterocycles. The van der Waals surface area contributed by atoms with Crippen molar-refractivity contribution >= 4 is 17.3 Å². The molecular formula is C11H12ClNO2. The zero-order valence-electron chi connectivity index (χ0n) is 8.35. The van der Waals surface area contributed by atoms with Crippen LogP contribution in [0.15, 0.2) is 29.4 Å². The average Bonchev–Trinajstić information content (AvgIpc) is 2.60. The Morgan fingerprint density at radius 2 is 2.20 bits per heavy atom. The lowest BCUT2D eigenvalue weighted by Crippen LogP contribution is -2.24. The minimum absolute atomic E-state index is 0.0291. The van der Waals surface area contributed by atoms with Gasteiger partial charge >= 0.3 is 0 Å². The zero-order chi connectivity index (χ0) is 10.8. The highest BCUT2D eigenvalue weighted by Crippen LogP contribution is 2.26. The second-order valence-electron chi connectivity index (χ2n) is 3.57. The lowest BCUT2D eigenvalue weighted by Gasteiger charge is -2.11. The molecule has 1 heterocycles. The SMILES string of the molecule is C[C@H]1C(c2ccccc2Cl)=NO[C@@H]1CO. The quantitative estimate of drug-likeness (QED) is 0.837. The Balaban J connectivity index is 2.30. The molecule has 1 aromatic rings. The lowest BCUT2D eigenvalue weighted by molar-refractivity contribution is 0.0211. The summed E-state index contributed by atoms with van der Waals surface area (Å²) < 4.78 is 0. The Hall–Kier alpha value is -1.06. The van der Waals surface area contributed by atoms with Crippen LogP contribution < -0.4 is 0 Å². The molecule has 0 aromatic heterocycles. The third-order valence-electron chi connectivity index (χ3n) is 2.61. The van der Waals surface area contributed by atoms with Crippen LogP contribution in [0.25, 0.3) is 0 Å². The van der Waals surface area contributed by atoms with E-state index in [9.17, 15) is 0 Å². The maximum atomic E-state index is 9.04. The summed E-state index contributed by atoms with van der Waals surface area (Å²) in [4.78, 5) is 5.12. The molecule has 1 N–H and O–H groups in total. The molecule has 0 radical (unpaired) electrons. The Labute approximate surface area is 93.3 Å². The fourth-order valence-electron chi connectivity index (χ4n) is 1.63. The molecule has 2 rings (SSSR count). The van der Waals surface area contributed by atoms with Crippen molar-refractivity contribution in [2.24, 2.45) is 11.1 Å². The highest BCUT2D eigenvalue weighted by atomic mass is 35.5. The Kier molecular flexibility index (Phi) is 2.93. The van der Waals surface area contributed by atoms with Crippen LogP contribution in [-0.4, -0.2) is 23.5 Å². The number of benzene rings is 1. The van der Waals surface area contributed by atoms with Crippen molar-refractivity contribution in [1.82, 2.24) is 0 Å². The van der Waals surface area contributed by atoms with E-state index in [-0.39, 0.29) is 18.6 Å². The summed E-state index contributed by atoms with van der Waals surface area (Å²) in [6.45, 7) is 1.94. The first-order valence-electron chi connectivity index (χ1n) is 4.83. The van der Waals surface area contributed by atoms with Gasteiger partial charge in [-0.25, -0.2) is 0 Å². The fourth-order valence-corrected chi connectivity index (χ4v) is 1.86. The maximum absolute atomic E-state index is 9.04. The van der Waals surface area contributed by atoms with Crippen LogP contribution >= 0.6 is 11.6 Å². The Bertz CT molecular complexity index is 392. The van der Waals surface area contributed by atoms with Gasteiger partial charge in [-0.05, 0) is 6.07 Å². The van der Waals surface area contributed by atoms with Crippen molar-refractivity contribution in [3.05, 3.63) is 34.9 Å². The van der Waals surface area contributed by atoms with Gasteiger partial charge in [-0.1, -0.05) is 41.9 Å². The van der Waals surface area contributed by atoms with E-state index in [1.54, 1.807) is 0 Å². The number of nitrogens with zero attached hydrogens (tertiary/aromatic N) is 1. The minimum atomic E-state index is -0.253. The second kappa shape index (κ2) is 4.21. The normalized spacial score (nSPS) is 24.9. The summed E-state index contributed by atoms with van der Waals surface area (Å²) in [5, 5.41) is 13.7. The van der Waals surface area contributed by atoms with Crippen LogP contribution in [0.5, 0.6) is 0 Å². The zero-order valence-corrected chi connectivity index (χ0v) is 9.11. The number of oxime groups is 1. The van der Waals surface area contributed by atoms with E-state index in [2.05, 4.69) is 5.16 Å². The molecule has 80 valence electrons. The minimum Gasteiger partial charge on any atom is -0.392 e. The first-order chi connectivity index (χ1) is 7.24. The van der Waals surface area contributed by atoms with E-state index in [1.807, 2.05) is 31.2 Å². The molecule has 0 unspecified atom stereocenters. The topological polar surface area (TPSA) is 41.8 Å². The molecule has 0 saturated heterocycles. The number of rotatable bonds is 2. The molecule has 0 aliphatic carbocycles. The molecule has 0 saturated carbocycles. The van der Waals surface area contributed by atoms with Gasteiger partial charge in [0.1, 0.15) is 0 Å². The summed E-state index contributed by atoms with van der Waals surface area (Å²) in [5.41, 5.74) is 1.68. The third kappa shape index (κ3) is 1.85. The largest absolute Gasteiger partial charge is 0.392 e. The van der Waals surface area contributed by atoms with E-state index in [1.165, 1.54) is 0 Å². The van der Waals surface area contributed by atoms with E-state index < -0.39 is 0 Å². The van der Waals surface area contributed by atoms with Crippen LogP contribution in [0.2, 0.25) is 5.02 Å². The third-order valence-corrected chi connectivity index (χ3v) is 2.93. The molecule has 0 fully saturated rings. The van der Waals surface area contributed by atoms with E-state index in [4.69, 9.17) is 21.5 Å². The number of hydrogen-bond acceptors (Lipinski definition) is 3.